The largest absolute Gasteiger partial charge is 0.481 e. The number of nitrogens with one attached hydrogen (secondary N) is 1. The number of amides is 1. The summed E-state index contributed by atoms with van der Waals surface area (Å²) in [5.74, 6) is -1.68. The lowest BCUT2D eigenvalue weighted by atomic mass is 9.98. The number of rotatable bonds is 3. The summed E-state index contributed by atoms with van der Waals surface area (Å²) in [5, 5.41) is 11.7. The maximum Gasteiger partial charge on any atom is 0.304 e. The minimum Gasteiger partial charge on any atom is -0.481 e. The average Bonchev–Trinajstić information content (AvgIpc) is 2.52. The second-order valence-corrected chi connectivity index (χ2v) is 3.84. The first-order valence-corrected chi connectivity index (χ1v) is 5.11. The minimum absolute atomic E-state index is 0.270. The summed E-state index contributed by atoms with van der Waals surface area (Å²) in [6.07, 6.45) is 1.06. The van der Waals surface area contributed by atoms with Gasteiger partial charge in [-0.15, -0.1) is 0 Å². The molecule has 0 aromatic heterocycles. The van der Waals surface area contributed by atoms with Gasteiger partial charge in [-0.1, -0.05) is 0 Å². The van der Waals surface area contributed by atoms with Crippen molar-refractivity contribution in [3.05, 3.63) is 11.4 Å². The van der Waals surface area contributed by atoms with E-state index in [-0.39, 0.29) is 17.9 Å². The Morgan fingerprint density at radius 1 is 1.62 bits per heavy atom. The molecule has 1 amide bonds. The van der Waals surface area contributed by atoms with Crippen molar-refractivity contribution in [2.75, 3.05) is 13.1 Å². The highest BCUT2D eigenvalue weighted by Gasteiger charge is 2.41. The lowest BCUT2D eigenvalue weighted by molar-refractivity contribution is -0.142. The molecule has 0 saturated carbocycles. The molecule has 0 aromatic rings. The zero-order chi connectivity index (χ0) is 11.7. The normalized spacial score (nSPS) is 24.1. The van der Waals surface area contributed by atoms with Gasteiger partial charge in [-0.25, -0.2) is 0 Å². The fraction of sp³-hybridized carbons (Fsp3) is 0.500. The lowest BCUT2D eigenvalue weighted by Gasteiger charge is -2.26. The first-order valence-electron chi connectivity index (χ1n) is 5.11. The number of carbonyl (C=O) groups is 3. The van der Waals surface area contributed by atoms with Gasteiger partial charge in [0.2, 0.25) is 5.91 Å². The van der Waals surface area contributed by atoms with Gasteiger partial charge in [0.15, 0.2) is 0 Å². The van der Waals surface area contributed by atoms with Crippen molar-refractivity contribution in [2.45, 2.75) is 12.8 Å². The molecule has 2 rings (SSSR count). The van der Waals surface area contributed by atoms with Gasteiger partial charge in [0.1, 0.15) is 12.1 Å². The fourth-order valence-corrected chi connectivity index (χ4v) is 2.13. The molecule has 1 saturated heterocycles. The number of carboxylic acids is 1. The van der Waals surface area contributed by atoms with Crippen LogP contribution in [0, 0.1) is 5.92 Å². The second kappa shape index (κ2) is 3.96. The number of carboxylic acid groups (broad SMARTS) is 1. The quantitative estimate of drug-likeness (QED) is 0.620. The molecule has 6 heteroatoms. The summed E-state index contributed by atoms with van der Waals surface area (Å²) < 4.78 is 0. The average molecular weight is 224 g/mol. The van der Waals surface area contributed by atoms with E-state index in [2.05, 4.69) is 5.32 Å². The van der Waals surface area contributed by atoms with Gasteiger partial charge in [0, 0.05) is 18.7 Å². The maximum absolute atomic E-state index is 11.9. The number of carbonyl (C=O) groups excluding carboxylic acids is 2. The number of fused-ring (bicyclic) bond motifs is 1. The summed E-state index contributed by atoms with van der Waals surface area (Å²) in [5.41, 5.74) is 0.270. The molecule has 1 fully saturated rings. The van der Waals surface area contributed by atoms with Gasteiger partial charge < -0.3 is 10.4 Å². The Morgan fingerprint density at radius 3 is 3.00 bits per heavy atom. The highest BCUT2D eigenvalue weighted by molar-refractivity contribution is 5.98. The molecule has 0 aliphatic carbocycles. The van der Waals surface area contributed by atoms with E-state index in [0.29, 0.717) is 25.2 Å². The molecule has 1 unspecified atom stereocenters. The molecule has 2 aliphatic rings. The summed E-state index contributed by atoms with van der Waals surface area (Å²) in [4.78, 5) is 34.9. The van der Waals surface area contributed by atoms with Gasteiger partial charge in [-0.3, -0.25) is 19.3 Å². The van der Waals surface area contributed by atoms with Crippen LogP contribution < -0.4 is 5.32 Å². The van der Waals surface area contributed by atoms with Crippen molar-refractivity contribution in [3.63, 3.8) is 0 Å². The van der Waals surface area contributed by atoms with Crippen LogP contribution in [0.5, 0.6) is 0 Å². The molecule has 0 radical (unpaired) electrons. The van der Waals surface area contributed by atoms with Crippen LogP contribution in [-0.2, 0) is 14.4 Å². The van der Waals surface area contributed by atoms with Gasteiger partial charge in [0.25, 0.3) is 0 Å². The van der Waals surface area contributed by atoms with Crippen LogP contribution in [0.15, 0.2) is 11.4 Å². The standard InChI is InChI=1S/C10H12N2O4/c13-5-7-6(4-8(14)15)10(16)12-3-1-2-11-9(7)12/h5-6,11H,1-4H2,(H,14,15). The van der Waals surface area contributed by atoms with Crippen molar-refractivity contribution >= 4 is 18.2 Å². The van der Waals surface area contributed by atoms with E-state index >= 15 is 0 Å². The SMILES string of the molecule is O=CC1=C2NCCCN2C(=O)C1CC(=O)O. The van der Waals surface area contributed by atoms with Crippen molar-refractivity contribution in [3.8, 4) is 0 Å². The van der Waals surface area contributed by atoms with Crippen molar-refractivity contribution in [1.82, 2.24) is 10.2 Å². The first kappa shape index (κ1) is 10.7. The van der Waals surface area contributed by atoms with Crippen LogP contribution >= 0.6 is 0 Å². The van der Waals surface area contributed by atoms with Crippen LogP contribution in [-0.4, -0.2) is 41.3 Å². The molecule has 2 aliphatic heterocycles. The minimum atomic E-state index is -1.07. The predicted molar refractivity (Wildman–Crippen MR) is 53.2 cm³/mol. The van der Waals surface area contributed by atoms with Crippen LogP contribution in [0.3, 0.4) is 0 Å². The molecule has 0 spiro atoms. The van der Waals surface area contributed by atoms with Crippen molar-refractivity contribution in [1.29, 1.82) is 0 Å². The molecule has 16 heavy (non-hydrogen) atoms. The molecule has 2 heterocycles. The number of nitrogens with zero attached hydrogens (tertiary/aromatic N) is 1. The van der Waals surface area contributed by atoms with E-state index in [1.165, 1.54) is 4.90 Å². The first-order chi connectivity index (χ1) is 7.65. The zero-order valence-electron chi connectivity index (χ0n) is 8.60. The van der Waals surface area contributed by atoms with E-state index in [1.54, 1.807) is 0 Å². The van der Waals surface area contributed by atoms with Gasteiger partial charge >= 0.3 is 5.97 Å². The molecule has 86 valence electrons. The Morgan fingerprint density at radius 2 is 2.38 bits per heavy atom. The number of aldehydes is 1. The summed E-state index contributed by atoms with van der Waals surface area (Å²) in [7, 11) is 0. The molecule has 0 aromatic carbocycles. The van der Waals surface area contributed by atoms with Gasteiger partial charge in [-0.2, -0.15) is 0 Å². The summed E-state index contributed by atoms with van der Waals surface area (Å²) in [6, 6.07) is 0. The summed E-state index contributed by atoms with van der Waals surface area (Å²) in [6.45, 7) is 1.25. The Labute approximate surface area is 91.9 Å². The van der Waals surface area contributed by atoms with Crippen LogP contribution in [0.25, 0.3) is 0 Å². The van der Waals surface area contributed by atoms with Crippen LogP contribution in [0.4, 0.5) is 0 Å². The van der Waals surface area contributed by atoms with E-state index in [1.807, 2.05) is 0 Å². The fourth-order valence-electron chi connectivity index (χ4n) is 2.13. The molecular formula is C10H12N2O4. The van der Waals surface area contributed by atoms with Gasteiger partial charge in [0.05, 0.1) is 12.3 Å². The topological polar surface area (TPSA) is 86.7 Å². The predicted octanol–water partition coefficient (Wildman–Crippen LogP) is -0.677. The second-order valence-electron chi connectivity index (χ2n) is 3.84. The Balaban J connectivity index is 2.32. The Hall–Kier alpha value is -1.85. The molecule has 0 bridgehead atoms. The van der Waals surface area contributed by atoms with Crippen molar-refractivity contribution in [2.24, 2.45) is 5.92 Å². The molecule has 6 nitrogen and oxygen atoms in total. The van der Waals surface area contributed by atoms with E-state index in [4.69, 9.17) is 5.11 Å². The summed E-state index contributed by atoms with van der Waals surface area (Å²) >= 11 is 0. The molecule has 2 N–H and O–H groups in total. The third-order valence-electron chi connectivity index (χ3n) is 2.84. The lowest BCUT2D eigenvalue weighted by Crippen LogP contribution is -2.40. The number of hydrogen-bond donors (Lipinski definition) is 2. The zero-order valence-corrected chi connectivity index (χ0v) is 8.60. The number of aliphatic carboxylic acids is 1. The highest BCUT2D eigenvalue weighted by atomic mass is 16.4. The van der Waals surface area contributed by atoms with Crippen LogP contribution in [0.2, 0.25) is 0 Å². The van der Waals surface area contributed by atoms with Crippen LogP contribution in [0.1, 0.15) is 12.8 Å². The van der Waals surface area contributed by atoms with E-state index in [0.717, 1.165) is 6.42 Å². The third-order valence-corrected chi connectivity index (χ3v) is 2.84. The number of hydrogen-bond acceptors (Lipinski definition) is 4. The highest BCUT2D eigenvalue weighted by Crippen LogP contribution is 2.30. The smallest absolute Gasteiger partial charge is 0.304 e. The molecule has 1 atom stereocenters. The third kappa shape index (κ3) is 1.56. The Bertz CT molecular complexity index is 388. The van der Waals surface area contributed by atoms with Gasteiger partial charge in [-0.05, 0) is 6.42 Å². The van der Waals surface area contributed by atoms with E-state index < -0.39 is 11.9 Å². The Kier molecular flexibility index (Phi) is 2.64. The molecular weight excluding hydrogens is 212 g/mol. The van der Waals surface area contributed by atoms with Crippen molar-refractivity contribution < 1.29 is 19.5 Å². The maximum atomic E-state index is 11.9. The monoisotopic (exact) mass is 224 g/mol. The van der Waals surface area contributed by atoms with E-state index in [9.17, 15) is 14.4 Å².